The topological polar surface area (TPSA) is 58.9 Å². The lowest BCUT2D eigenvalue weighted by Gasteiger charge is -2.09. The summed E-state index contributed by atoms with van der Waals surface area (Å²) in [5, 5.41) is 0.643. The smallest absolute Gasteiger partial charge is 0.418 e. The highest BCUT2D eigenvalue weighted by Crippen LogP contribution is 2.34. The molecule has 0 radical (unpaired) electrons. The van der Waals surface area contributed by atoms with Crippen LogP contribution in [0.1, 0.15) is 5.56 Å². The SMILES string of the molecule is O=c1[nH]c(-c2cc3ccccc3o2)nc2c(C(F)(F)F)cccc12. The number of fused-ring (bicyclic) bond motifs is 2. The van der Waals surface area contributed by atoms with Crippen LogP contribution in [-0.4, -0.2) is 9.97 Å². The summed E-state index contributed by atoms with van der Waals surface area (Å²) in [6.07, 6.45) is -4.61. The molecule has 24 heavy (non-hydrogen) atoms. The third kappa shape index (κ3) is 2.25. The average Bonchev–Trinajstić information content (AvgIpc) is 2.97. The zero-order valence-corrected chi connectivity index (χ0v) is 12.0. The number of hydrogen-bond donors (Lipinski definition) is 1. The van der Waals surface area contributed by atoms with Gasteiger partial charge in [0.2, 0.25) is 0 Å². The van der Waals surface area contributed by atoms with E-state index in [1.165, 1.54) is 12.1 Å². The number of halogens is 3. The molecule has 0 amide bonds. The van der Waals surface area contributed by atoms with Crippen molar-refractivity contribution in [2.24, 2.45) is 0 Å². The van der Waals surface area contributed by atoms with Crippen molar-refractivity contribution in [3.05, 3.63) is 64.4 Å². The molecule has 0 saturated heterocycles. The Labute approximate surface area is 132 Å². The number of rotatable bonds is 1. The molecule has 4 rings (SSSR count). The predicted molar refractivity (Wildman–Crippen MR) is 82.6 cm³/mol. The molecule has 0 aliphatic heterocycles. The first-order valence-corrected chi connectivity index (χ1v) is 7.03. The van der Waals surface area contributed by atoms with Gasteiger partial charge in [-0.25, -0.2) is 4.98 Å². The number of benzene rings is 2. The van der Waals surface area contributed by atoms with Crippen molar-refractivity contribution < 1.29 is 17.6 Å². The van der Waals surface area contributed by atoms with Gasteiger partial charge in [-0.3, -0.25) is 4.79 Å². The van der Waals surface area contributed by atoms with E-state index in [2.05, 4.69) is 9.97 Å². The standard InChI is InChI=1S/C17H9F3N2O2/c18-17(19,20)11-6-3-5-10-14(11)21-15(22-16(10)23)13-8-9-4-1-2-7-12(9)24-13/h1-8H,(H,21,22,23). The van der Waals surface area contributed by atoms with Gasteiger partial charge in [0.1, 0.15) is 5.58 Å². The maximum atomic E-state index is 13.2. The zero-order valence-electron chi connectivity index (χ0n) is 12.0. The van der Waals surface area contributed by atoms with Crippen molar-refractivity contribution >= 4 is 21.9 Å². The minimum absolute atomic E-state index is 0.0413. The van der Waals surface area contributed by atoms with E-state index in [0.717, 1.165) is 11.5 Å². The molecule has 4 aromatic rings. The molecule has 0 aliphatic carbocycles. The molecular weight excluding hydrogens is 321 g/mol. The Balaban J connectivity index is 2.01. The largest absolute Gasteiger partial charge is 0.453 e. The molecule has 0 fully saturated rings. The van der Waals surface area contributed by atoms with Crippen LogP contribution in [0.5, 0.6) is 0 Å². The lowest BCUT2D eigenvalue weighted by atomic mass is 10.1. The van der Waals surface area contributed by atoms with Crippen LogP contribution in [-0.2, 0) is 6.18 Å². The maximum Gasteiger partial charge on any atom is 0.418 e. The fourth-order valence-electron chi connectivity index (χ4n) is 2.61. The van der Waals surface area contributed by atoms with Gasteiger partial charge in [0.05, 0.1) is 16.5 Å². The summed E-state index contributed by atoms with van der Waals surface area (Å²) in [6.45, 7) is 0. The van der Waals surface area contributed by atoms with Gasteiger partial charge in [0, 0.05) is 5.39 Å². The Morgan fingerprint density at radius 3 is 2.58 bits per heavy atom. The van der Waals surface area contributed by atoms with Gasteiger partial charge in [-0.05, 0) is 24.3 Å². The molecule has 2 aromatic heterocycles. The molecule has 0 bridgehead atoms. The van der Waals surface area contributed by atoms with Crippen LogP contribution in [0.4, 0.5) is 13.2 Å². The van der Waals surface area contributed by atoms with Gasteiger partial charge in [-0.1, -0.05) is 24.3 Å². The Morgan fingerprint density at radius 1 is 1.04 bits per heavy atom. The Hall–Kier alpha value is -3.09. The van der Waals surface area contributed by atoms with Crippen molar-refractivity contribution in [2.75, 3.05) is 0 Å². The van der Waals surface area contributed by atoms with E-state index in [-0.39, 0.29) is 17.0 Å². The number of hydrogen-bond acceptors (Lipinski definition) is 3. The second kappa shape index (κ2) is 4.95. The summed E-state index contributed by atoms with van der Waals surface area (Å²) in [4.78, 5) is 18.6. The fraction of sp³-hybridized carbons (Fsp3) is 0.0588. The van der Waals surface area contributed by atoms with Gasteiger partial charge in [0.15, 0.2) is 11.6 Å². The van der Waals surface area contributed by atoms with E-state index in [1.54, 1.807) is 30.3 Å². The zero-order chi connectivity index (χ0) is 16.9. The maximum absolute atomic E-state index is 13.2. The van der Waals surface area contributed by atoms with Gasteiger partial charge in [0.25, 0.3) is 5.56 Å². The number of aromatic nitrogens is 2. The molecule has 0 aliphatic rings. The first-order valence-electron chi connectivity index (χ1n) is 7.03. The predicted octanol–water partition coefficient (Wildman–Crippen LogP) is 4.36. The molecule has 0 atom stereocenters. The molecule has 4 nitrogen and oxygen atoms in total. The van der Waals surface area contributed by atoms with Crippen LogP contribution < -0.4 is 5.56 Å². The number of nitrogens with one attached hydrogen (secondary N) is 1. The van der Waals surface area contributed by atoms with Crippen LogP contribution in [0.15, 0.2) is 57.7 Å². The van der Waals surface area contributed by atoms with Crippen molar-refractivity contribution in [1.29, 1.82) is 0 Å². The van der Waals surface area contributed by atoms with E-state index < -0.39 is 22.8 Å². The number of para-hydroxylation sites is 2. The Morgan fingerprint density at radius 2 is 1.83 bits per heavy atom. The quantitative estimate of drug-likeness (QED) is 0.564. The van der Waals surface area contributed by atoms with Gasteiger partial charge in [-0.2, -0.15) is 13.2 Å². The molecule has 120 valence electrons. The summed E-state index contributed by atoms with van der Waals surface area (Å²) in [5.74, 6) is 0.160. The number of alkyl halides is 3. The van der Waals surface area contributed by atoms with E-state index in [0.29, 0.717) is 5.58 Å². The van der Waals surface area contributed by atoms with Crippen LogP contribution in [0.3, 0.4) is 0 Å². The second-order valence-corrected chi connectivity index (χ2v) is 5.26. The van der Waals surface area contributed by atoms with Crippen molar-refractivity contribution in [2.45, 2.75) is 6.18 Å². The minimum atomic E-state index is -4.61. The van der Waals surface area contributed by atoms with E-state index in [4.69, 9.17) is 4.42 Å². The highest BCUT2D eigenvalue weighted by atomic mass is 19.4. The molecule has 0 unspecified atom stereocenters. The summed E-state index contributed by atoms with van der Waals surface area (Å²) in [7, 11) is 0. The first kappa shape index (κ1) is 14.5. The normalized spacial score (nSPS) is 12.1. The molecule has 2 heterocycles. The van der Waals surface area contributed by atoms with Gasteiger partial charge < -0.3 is 9.40 Å². The Bertz CT molecular complexity index is 1090. The molecule has 0 saturated carbocycles. The average molecular weight is 330 g/mol. The fourth-order valence-corrected chi connectivity index (χ4v) is 2.61. The Kier molecular flexibility index (Phi) is 2.99. The van der Waals surface area contributed by atoms with Gasteiger partial charge in [-0.15, -0.1) is 0 Å². The minimum Gasteiger partial charge on any atom is -0.453 e. The van der Waals surface area contributed by atoms with E-state index >= 15 is 0 Å². The lowest BCUT2D eigenvalue weighted by molar-refractivity contribution is -0.136. The molecule has 7 heteroatoms. The molecule has 1 N–H and O–H groups in total. The summed E-state index contributed by atoms with van der Waals surface area (Å²) >= 11 is 0. The number of H-pyrrole nitrogens is 1. The second-order valence-electron chi connectivity index (χ2n) is 5.26. The summed E-state index contributed by atoms with van der Waals surface area (Å²) < 4.78 is 45.1. The van der Waals surface area contributed by atoms with Crippen molar-refractivity contribution in [3.63, 3.8) is 0 Å². The number of aromatic amines is 1. The first-order chi connectivity index (χ1) is 11.4. The summed E-state index contributed by atoms with van der Waals surface area (Å²) in [6, 6.07) is 12.1. The lowest BCUT2D eigenvalue weighted by Crippen LogP contribution is -2.14. The van der Waals surface area contributed by atoms with E-state index in [1.807, 2.05) is 0 Å². The number of furan rings is 1. The molecule has 2 aromatic carbocycles. The third-order valence-electron chi connectivity index (χ3n) is 3.70. The van der Waals surface area contributed by atoms with Crippen molar-refractivity contribution in [1.82, 2.24) is 9.97 Å². The van der Waals surface area contributed by atoms with Crippen molar-refractivity contribution in [3.8, 4) is 11.6 Å². The van der Waals surface area contributed by atoms with Crippen LogP contribution in [0.2, 0.25) is 0 Å². The highest BCUT2D eigenvalue weighted by Gasteiger charge is 2.33. The van der Waals surface area contributed by atoms with Crippen LogP contribution in [0.25, 0.3) is 33.5 Å². The number of nitrogens with zero attached hydrogens (tertiary/aromatic N) is 1. The summed E-state index contributed by atoms with van der Waals surface area (Å²) in [5.41, 5.74) is -1.45. The highest BCUT2D eigenvalue weighted by molar-refractivity contribution is 5.85. The van der Waals surface area contributed by atoms with Crippen LogP contribution >= 0.6 is 0 Å². The van der Waals surface area contributed by atoms with Gasteiger partial charge >= 0.3 is 6.18 Å². The van der Waals surface area contributed by atoms with E-state index in [9.17, 15) is 18.0 Å². The molecular formula is C17H9F3N2O2. The molecule has 0 spiro atoms. The monoisotopic (exact) mass is 330 g/mol. The van der Waals surface area contributed by atoms with Crippen LogP contribution in [0, 0.1) is 0 Å². The third-order valence-corrected chi connectivity index (χ3v) is 3.70.